The van der Waals surface area contributed by atoms with Crippen LogP contribution in [0.1, 0.15) is 47.5 Å². The monoisotopic (exact) mass is 464 g/mol. The molecule has 6 nitrogen and oxygen atoms in total. The van der Waals surface area contributed by atoms with Gasteiger partial charge in [-0.2, -0.15) is 0 Å². The molecular weight excluding hydrogens is 438 g/mol. The number of rotatable bonds is 2. The Morgan fingerprint density at radius 3 is 2.65 bits per heavy atom. The summed E-state index contributed by atoms with van der Waals surface area (Å²) in [6, 6.07) is 9.71. The van der Waals surface area contributed by atoms with E-state index < -0.39 is 5.92 Å². The molecule has 2 atom stereocenters. The fourth-order valence-corrected chi connectivity index (χ4v) is 5.56. The highest BCUT2D eigenvalue weighted by Gasteiger charge is 2.42. The summed E-state index contributed by atoms with van der Waals surface area (Å²) < 4.78 is 28.6. The van der Waals surface area contributed by atoms with E-state index in [1.807, 2.05) is 30.3 Å². The molecule has 2 aliphatic heterocycles. The molecule has 3 aliphatic rings. The van der Waals surface area contributed by atoms with E-state index in [0.29, 0.717) is 22.8 Å². The van der Waals surface area contributed by atoms with Gasteiger partial charge in [-0.05, 0) is 66.0 Å². The Morgan fingerprint density at radius 1 is 1.12 bits per heavy atom. The zero-order valence-corrected chi connectivity index (χ0v) is 19.0. The number of carbonyl (C=O) groups is 1. The van der Waals surface area contributed by atoms with Gasteiger partial charge in [0.15, 0.2) is 0 Å². The first kappa shape index (κ1) is 21.3. The molecule has 2 fully saturated rings. The highest BCUT2D eigenvalue weighted by Crippen LogP contribution is 2.51. The minimum absolute atomic E-state index is 0.0288. The molecule has 0 radical (unpaired) electrons. The Labute approximate surface area is 195 Å². The van der Waals surface area contributed by atoms with Gasteiger partial charge in [0.05, 0.1) is 5.56 Å². The van der Waals surface area contributed by atoms with Crippen LogP contribution in [0.2, 0.25) is 0 Å². The van der Waals surface area contributed by atoms with E-state index in [2.05, 4.69) is 4.90 Å². The predicted octanol–water partition coefficient (Wildman–Crippen LogP) is 4.45. The normalized spacial score (nSPS) is 23.3. The Morgan fingerprint density at radius 2 is 1.91 bits per heavy atom. The zero-order valence-electron chi connectivity index (χ0n) is 19.0. The number of aromatic nitrogens is 2. The van der Waals surface area contributed by atoms with Gasteiger partial charge in [0.25, 0.3) is 17.4 Å². The van der Waals surface area contributed by atoms with Gasteiger partial charge in [-0.3, -0.25) is 9.59 Å². The van der Waals surface area contributed by atoms with Crippen LogP contribution < -0.4 is 10.5 Å². The van der Waals surface area contributed by atoms with Crippen LogP contribution >= 0.6 is 0 Å². The number of aryl methyl sites for hydroxylation is 1. The highest BCUT2D eigenvalue weighted by molar-refractivity contribution is 5.95. The minimum Gasteiger partial charge on any atom is -0.338 e. The molecule has 0 N–H and O–H groups in total. The van der Waals surface area contributed by atoms with Crippen molar-refractivity contribution in [3.8, 4) is 0 Å². The second kappa shape index (κ2) is 7.61. The number of alkyl halides is 2. The number of nitrogens with zero attached hydrogens (tertiary/aromatic N) is 4. The molecule has 1 saturated carbocycles. The third-order valence-electron chi connectivity index (χ3n) is 7.79. The quantitative estimate of drug-likeness (QED) is 0.562. The molecule has 1 unspecified atom stereocenters. The van der Waals surface area contributed by atoms with Crippen molar-refractivity contribution >= 4 is 28.2 Å². The third kappa shape index (κ3) is 3.38. The molecule has 1 aromatic carbocycles. The SMILES string of the molecule is Cn1ccc2cc(N3CC4CC[C@@H]4c4cc(C(=O)N5CCC(F)(F)CC5)cnc43)ccc2c1=O. The lowest BCUT2D eigenvalue weighted by molar-refractivity contribution is -0.0494. The number of pyridine rings is 2. The molecule has 1 saturated heterocycles. The van der Waals surface area contributed by atoms with Crippen LogP contribution in [0.25, 0.3) is 10.8 Å². The standard InChI is InChI=1S/C26H26F2N4O2/c1-30-9-6-16-12-19(3-5-21(16)25(30)34)32-15-17-2-4-20(17)22-13-18(14-29-23(22)32)24(33)31-10-7-26(27,28)8-11-31/h3,5-6,9,12-14,17,20H,2,4,7-8,10-11,15H2,1H3/t17?,20-/m0/s1. The summed E-state index contributed by atoms with van der Waals surface area (Å²) in [6.07, 6.45) is 4.95. The first-order valence-electron chi connectivity index (χ1n) is 11.8. The summed E-state index contributed by atoms with van der Waals surface area (Å²) in [7, 11) is 1.74. The van der Waals surface area contributed by atoms with Crippen LogP contribution in [0.5, 0.6) is 0 Å². The first-order valence-corrected chi connectivity index (χ1v) is 11.8. The summed E-state index contributed by atoms with van der Waals surface area (Å²) in [4.78, 5) is 33.9. The van der Waals surface area contributed by atoms with Gasteiger partial charge < -0.3 is 14.4 Å². The van der Waals surface area contributed by atoms with Crippen molar-refractivity contribution in [2.24, 2.45) is 13.0 Å². The molecule has 3 aromatic rings. The van der Waals surface area contributed by atoms with Crippen LogP contribution in [0.3, 0.4) is 0 Å². The molecule has 2 aromatic heterocycles. The largest absolute Gasteiger partial charge is 0.338 e. The second-order valence-electron chi connectivity index (χ2n) is 9.84. The smallest absolute Gasteiger partial charge is 0.258 e. The van der Waals surface area contributed by atoms with Gasteiger partial charge in [0.1, 0.15) is 5.82 Å². The number of fused-ring (bicyclic) bond motifs is 4. The van der Waals surface area contributed by atoms with E-state index >= 15 is 0 Å². The van der Waals surface area contributed by atoms with Crippen molar-refractivity contribution in [3.63, 3.8) is 0 Å². The summed E-state index contributed by atoms with van der Waals surface area (Å²) in [5, 5.41) is 1.56. The number of anilines is 2. The van der Waals surface area contributed by atoms with E-state index in [1.54, 1.807) is 24.0 Å². The van der Waals surface area contributed by atoms with E-state index in [-0.39, 0.29) is 37.4 Å². The van der Waals surface area contributed by atoms with Gasteiger partial charge in [-0.1, -0.05) is 0 Å². The van der Waals surface area contributed by atoms with E-state index in [9.17, 15) is 18.4 Å². The van der Waals surface area contributed by atoms with Gasteiger partial charge in [-0.15, -0.1) is 0 Å². The lowest BCUT2D eigenvalue weighted by Gasteiger charge is -2.46. The maximum absolute atomic E-state index is 13.5. The summed E-state index contributed by atoms with van der Waals surface area (Å²) in [6.45, 7) is 0.977. The number of likely N-dealkylation sites (tertiary alicyclic amines) is 1. The fraction of sp³-hybridized carbons (Fsp3) is 0.423. The van der Waals surface area contributed by atoms with Crippen molar-refractivity contribution in [1.82, 2.24) is 14.5 Å². The number of halogens is 2. The van der Waals surface area contributed by atoms with E-state index in [4.69, 9.17) is 4.98 Å². The maximum Gasteiger partial charge on any atom is 0.258 e. The Kier molecular flexibility index (Phi) is 4.76. The molecule has 1 aliphatic carbocycles. The van der Waals surface area contributed by atoms with Gasteiger partial charge in [0.2, 0.25) is 0 Å². The van der Waals surface area contributed by atoms with Crippen LogP contribution in [0.15, 0.2) is 47.5 Å². The lowest BCUT2D eigenvalue weighted by atomic mass is 9.67. The first-order chi connectivity index (χ1) is 16.3. The summed E-state index contributed by atoms with van der Waals surface area (Å²) in [5.41, 5.74) is 2.47. The molecule has 6 rings (SSSR count). The second-order valence-corrected chi connectivity index (χ2v) is 9.84. The topological polar surface area (TPSA) is 58.4 Å². The number of piperidine rings is 1. The molecule has 34 heavy (non-hydrogen) atoms. The van der Waals surface area contributed by atoms with Gasteiger partial charge in [-0.25, -0.2) is 13.8 Å². The molecule has 0 spiro atoms. The number of hydrogen-bond acceptors (Lipinski definition) is 4. The highest BCUT2D eigenvalue weighted by atomic mass is 19.3. The van der Waals surface area contributed by atoms with E-state index in [1.165, 1.54) is 4.90 Å². The Hall–Kier alpha value is -3.29. The molecule has 4 heterocycles. The Balaban J connectivity index is 1.35. The van der Waals surface area contributed by atoms with Gasteiger partial charge in [0, 0.05) is 63.0 Å². The molecule has 0 bridgehead atoms. The number of carbonyl (C=O) groups excluding carboxylic acids is 1. The lowest BCUT2D eigenvalue weighted by Crippen LogP contribution is -2.43. The zero-order chi connectivity index (χ0) is 23.6. The van der Waals surface area contributed by atoms with Crippen molar-refractivity contribution in [1.29, 1.82) is 0 Å². The van der Waals surface area contributed by atoms with Crippen LogP contribution in [0.4, 0.5) is 20.3 Å². The Bertz CT molecular complexity index is 1360. The third-order valence-corrected chi connectivity index (χ3v) is 7.79. The summed E-state index contributed by atoms with van der Waals surface area (Å²) >= 11 is 0. The van der Waals surface area contributed by atoms with Crippen molar-refractivity contribution in [3.05, 3.63) is 64.2 Å². The minimum atomic E-state index is -2.69. The molecule has 8 heteroatoms. The molecule has 176 valence electrons. The van der Waals surface area contributed by atoms with Crippen LogP contribution in [0, 0.1) is 5.92 Å². The fourth-order valence-electron chi connectivity index (χ4n) is 5.56. The van der Waals surface area contributed by atoms with Crippen molar-refractivity contribution in [2.75, 3.05) is 24.5 Å². The maximum atomic E-state index is 13.5. The molecular formula is C26H26F2N4O2. The predicted molar refractivity (Wildman–Crippen MR) is 126 cm³/mol. The van der Waals surface area contributed by atoms with E-state index in [0.717, 1.165) is 41.8 Å². The van der Waals surface area contributed by atoms with Gasteiger partial charge >= 0.3 is 0 Å². The number of hydrogen-bond donors (Lipinski definition) is 0. The van der Waals surface area contributed by atoms with Crippen molar-refractivity contribution < 1.29 is 13.6 Å². The number of benzene rings is 1. The average Bonchev–Trinajstić information content (AvgIpc) is 2.81. The summed E-state index contributed by atoms with van der Waals surface area (Å²) in [5.74, 6) is -1.22. The van der Waals surface area contributed by atoms with Crippen LogP contribution in [-0.2, 0) is 7.05 Å². The molecule has 1 amide bonds. The van der Waals surface area contributed by atoms with Crippen molar-refractivity contribution in [2.45, 2.75) is 37.5 Å². The average molecular weight is 465 g/mol. The van der Waals surface area contributed by atoms with Crippen LogP contribution in [-0.4, -0.2) is 45.9 Å². The number of amides is 1.